The minimum absolute atomic E-state index is 0.222. The van der Waals surface area contributed by atoms with Gasteiger partial charge >= 0.3 is 0 Å². The summed E-state index contributed by atoms with van der Waals surface area (Å²) in [5.74, 6) is 1.33. The topological polar surface area (TPSA) is 37.3 Å². The van der Waals surface area contributed by atoms with Crippen LogP contribution < -0.4 is 5.32 Å². The van der Waals surface area contributed by atoms with Gasteiger partial charge in [-0.25, -0.2) is 0 Å². The third-order valence-corrected chi connectivity index (χ3v) is 6.38. The van der Waals surface area contributed by atoms with E-state index >= 15 is 0 Å². The van der Waals surface area contributed by atoms with Gasteiger partial charge in [0.05, 0.1) is 0 Å². The Morgan fingerprint density at radius 2 is 2.16 bits per heavy atom. The summed E-state index contributed by atoms with van der Waals surface area (Å²) < 4.78 is 2.33. The first kappa shape index (κ1) is 16.9. The number of amides is 1. The highest BCUT2D eigenvalue weighted by molar-refractivity contribution is 7.10. The lowest BCUT2D eigenvalue weighted by Crippen LogP contribution is -2.33. The fourth-order valence-electron chi connectivity index (χ4n) is 3.70. The average Bonchev–Trinajstić information content (AvgIpc) is 3.23. The molecule has 134 valence electrons. The van der Waals surface area contributed by atoms with Crippen LogP contribution in [0.2, 0.25) is 0 Å². The van der Waals surface area contributed by atoms with Gasteiger partial charge in [-0.15, -0.1) is 11.3 Å². The van der Waals surface area contributed by atoms with Gasteiger partial charge in [-0.2, -0.15) is 0 Å². The smallest absolute Gasteiger partial charge is 0.220 e. The molecule has 1 N–H and O–H groups in total. The largest absolute Gasteiger partial charge is 0.356 e. The molecule has 1 fully saturated rings. The predicted molar refractivity (Wildman–Crippen MR) is 101 cm³/mol. The molecule has 5 heteroatoms. The zero-order valence-corrected chi connectivity index (χ0v) is 15.7. The van der Waals surface area contributed by atoms with Crippen LogP contribution in [0.1, 0.15) is 35.4 Å². The molecule has 1 aliphatic carbocycles. The fraction of sp³-hybridized carbons (Fsp3) is 0.550. The van der Waals surface area contributed by atoms with Gasteiger partial charge in [0.25, 0.3) is 0 Å². The first-order valence-electron chi connectivity index (χ1n) is 9.33. The Morgan fingerprint density at radius 3 is 2.92 bits per heavy atom. The summed E-state index contributed by atoms with van der Waals surface area (Å²) in [6.45, 7) is 6.93. The van der Waals surface area contributed by atoms with Crippen molar-refractivity contribution >= 4 is 17.2 Å². The molecule has 0 saturated heterocycles. The molecule has 3 heterocycles. The third-order valence-electron chi connectivity index (χ3n) is 5.37. The van der Waals surface area contributed by atoms with Crippen molar-refractivity contribution in [1.29, 1.82) is 0 Å². The number of aromatic nitrogens is 1. The van der Waals surface area contributed by atoms with Gasteiger partial charge < -0.3 is 9.88 Å². The number of hydrogen-bond donors (Lipinski definition) is 1. The molecule has 0 bridgehead atoms. The lowest BCUT2D eigenvalue weighted by atomic mass is 10.0. The van der Waals surface area contributed by atoms with Crippen LogP contribution in [0.3, 0.4) is 0 Å². The van der Waals surface area contributed by atoms with Crippen molar-refractivity contribution in [2.75, 3.05) is 13.1 Å². The van der Waals surface area contributed by atoms with Crippen molar-refractivity contribution < 1.29 is 4.79 Å². The SMILES string of the molecule is Cc1ccsc1CN1Cc2cccn2C[C@@H](CC(=O)NCC2CC2)C1. The highest BCUT2D eigenvalue weighted by atomic mass is 32.1. The van der Waals surface area contributed by atoms with Crippen LogP contribution in [0.25, 0.3) is 0 Å². The van der Waals surface area contributed by atoms with E-state index in [-0.39, 0.29) is 5.91 Å². The van der Waals surface area contributed by atoms with E-state index in [4.69, 9.17) is 0 Å². The van der Waals surface area contributed by atoms with E-state index in [9.17, 15) is 4.79 Å². The van der Waals surface area contributed by atoms with Crippen molar-refractivity contribution in [3.8, 4) is 0 Å². The van der Waals surface area contributed by atoms with E-state index in [0.29, 0.717) is 12.3 Å². The van der Waals surface area contributed by atoms with Crippen molar-refractivity contribution in [3.63, 3.8) is 0 Å². The molecular weight excluding hydrogens is 330 g/mol. The van der Waals surface area contributed by atoms with Crippen LogP contribution in [-0.2, 0) is 24.4 Å². The molecule has 0 unspecified atom stereocenters. The summed E-state index contributed by atoms with van der Waals surface area (Å²) in [7, 11) is 0. The normalized spacial score (nSPS) is 20.9. The van der Waals surface area contributed by atoms with Crippen molar-refractivity contribution in [1.82, 2.24) is 14.8 Å². The zero-order chi connectivity index (χ0) is 17.2. The second-order valence-electron chi connectivity index (χ2n) is 7.67. The van der Waals surface area contributed by atoms with Crippen molar-refractivity contribution in [2.24, 2.45) is 11.8 Å². The zero-order valence-electron chi connectivity index (χ0n) is 14.9. The molecule has 25 heavy (non-hydrogen) atoms. The molecule has 1 atom stereocenters. The second-order valence-corrected chi connectivity index (χ2v) is 8.67. The molecule has 4 rings (SSSR count). The minimum Gasteiger partial charge on any atom is -0.356 e. The van der Waals surface area contributed by atoms with Crippen LogP contribution in [-0.4, -0.2) is 28.5 Å². The number of hydrogen-bond acceptors (Lipinski definition) is 3. The van der Waals surface area contributed by atoms with Crippen LogP contribution >= 0.6 is 11.3 Å². The number of carbonyl (C=O) groups is 1. The molecule has 0 aromatic carbocycles. The van der Waals surface area contributed by atoms with E-state index in [0.717, 1.165) is 38.6 Å². The van der Waals surface area contributed by atoms with E-state index in [1.54, 1.807) is 0 Å². The van der Waals surface area contributed by atoms with Crippen LogP contribution in [0.15, 0.2) is 29.8 Å². The van der Waals surface area contributed by atoms with Crippen LogP contribution in [0.4, 0.5) is 0 Å². The Kier molecular flexibility index (Phi) is 4.95. The summed E-state index contributed by atoms with van der Waals surface area (Å²) in [6, 6.07) is 6.53. The third kappa shape index (κ3) is 4.33. The quantitative estimate of drug-likeness (QED) is 0.860. The number of nitrogens with one attached hydrogen (secondary N) is 1. The fourth-order valence-corrected chi connectivity index (χ4v) is 4.65. The van der Waals surface area contributed by atoms with E-state index in [1.807, 2.05) is 11.3 Å². The first-order valence-corrected chi connectivity index (χ1v) is 10.2. The molecule has 0 radical (unpaired) electrons. The average molecular weight is 358 g/mol. The number of nitrogens with zero attached hydrogens (tertiary/aromatic N) is 2. The van der Waals surface area contributed by atoms with E-state index < -0.39 is 0 Å². The van der Waals surface area contributed by atoms with Gasteiger partial charge in [-0.05, 0) is 60.7 Å². The Hall–Kier alpha value is -1.59. The molecule has 1 aliphatic heterocycles. The van der Waals surface area contributed by atoms with Gasteiger partial charge in [0.2, 0.25) is 5.91 Å². The molecule has 2 aliphatic rings. The Balaban J connectivity index is 1.43. The number of aryl methyl sites for hydroxylation is 1. The maximum absolute atomic E-state index is 12.3. The van der Waals surface area contributed by atoms with Gasteiger partial charge in [0, 0.05) is 55.9 Å². The first-order chi connectivity index (χ1) is 12.2. The van der Waals surface area contributed by atoms with Gasteiger partial charge in [-0.3, -0.25) is 9.69 Å². The number of fused-ring (bicyclic) bond motifs is 1. The summed E-state index contributed by atoms with van der Waals surface area (Å²) >= 11 is 1.84. The predicted octanol–water partition coefficient (Wildman–Crippen LogP) is 3.41. The summed E-state index contributed by atoms with van der Waals surface area (Å²) in [5.41, 5.74) is 2.73. The molecular formula is C20H27N3OS. The maximum Gasteiger partial charge on any atom is 0.220 e. The molecule has 0 spiro atoms. The lowest BCUT2D eigenvalue weighted by molar-refractivity contribution is -0.122. The highest BCUT2D eigenvalue weighted by Gasteiger charge is 2.26. The monoisotopic (exact) mass is 357 g/mol. The Morgan fingerprint density at radius 1 is 1.28 bits per heavy atom. The molecule has 2 aromatic rings. The van der Waals surface area contributed by atoms with Gasteiger partial charge in [0.1, 0.15) is 0 Å². The summed E-state index contributed by atoms with van der Waals surface area (Å²) in [5, 5.41) is 5.31. The molecule has 1 amide bonds. The van der Waals surface area contributed by atoms with E-state index in [2.05, 4.69) is 51.5 Å². The molecule has 4 nitrogen and oxygen atoms in total. The number of carbonyl (C=O) groups excluding carboxylic acids is 1. The van der Waals surface area contributed by atoms with E-state index in [1.165, 1.54) is 29.0 Å². The summed E-state index contributed by atoms with van der Waals surface area (Å²) in [6.07, 6.45) is 5.35. The highest BCUT2D eigenvalue weighted by Crippen LogP contribution is 2.28. The molecule has 1 saturated carbocycles. The van der Waals surface area contributed by atoms with Crippen molar-refractivity contribution in [3.05, 3.63) is 45.9 Å². The number of rotatable bonds is 6. The van der Waals surface area contributed by atoms with Crippen LogP contribution in [0.5, 0.6) is 0 Å². The van der Waals surface area contributed by atoms with Gasteiger partial charge in [0.15, 0.2) is 0 Å². The van der Waals surface area contributed by atoms with Crippen LogP contribution in [0, 0.1) is 18.8 Å². The number of thiophene rings is 1. The lowest BCUT2D eigenvalue weighted by Gasteiger charge is -2.23. The van der Waals surface area contributed by atoms with Gasteiger partial charge in [-0.1, -0.05) is 0 Å². The minimum atomic E-state index is 0.222. The summed E-state index contributed by atoms with van der Waals surface area (Å²) in [4.78, 5) is 16.3. The molecule has 2 aromatic heterocycles. The van der Waals surface area contributed by atoms with Crippen molar-refractivity contribution in [2.45, 2.75) is 45.8 Å². The maximum atomic E-state index is 12.3. The second kappa shape index (κ2) is 7.34. The standard InChI is InChI=1S/C20H27N3OS/c1-15-6-8-25-19(15)14-22-11-17(9-20(24)21-10-16-4-5-16)12-23-7-2-3-18(23)13-22/h2-3,6-8,16-17H,4-5,9-14H2,1H3,(H,21,24)/t17-/m0/s1. The Bertz CT molecular complexity index is 731. The Labute approximate surface area is 153 Å².